The van der Waals surface area contributed by atoms with E-state index in [9.17, 15) is 14.4 Å². The zero-order chi connectivity index (χ0) is 25.8. The van der Waals surface area contributed by atoms with Crippen LogP contribution in [0.25, 0.3) is 11.0 Å². The number of fused-ring (bicyclic) bond motifs is 1. The van der Waals surface area contributed by atoms with Gasteiger partial charge in [0, 0.05) is 37.8 Å². The summed E-state index contributed by atoms with van der Waals surface area (Å²) in [5, 5.41) is 2.57. The quantitative estimate of drug-likeness (QED) is 0.276. The first-order chi connectivity index (χ1) is 18.1. The van der Waals surface area contributed by atoms with E-state index in [-0.39, 0.29) is 24.6 Å². The third kappa shape index (κ3) is 4.90. The average Bonchev–Trinajstić information content (AvgIpc) is 3.48. The second kappa shape index (κ2) is 10.8. The Balaban J connectivity index is 1.57. The average molecular weight is 515 g/mol. The lowest BCUT2D eigenvalue weighted by atomic mass is 10.1. The van der Waals surface area contributed by atoms with E-state index < -0.39 is 11.5 Å². The molecular formula is C28H26N4O4S. The number of carbonyl (C=O) groups is 2. The van der Waals surface area contributed by atoms with Gasteiger partial charge in [-0.15, -0.1) is 11.3 Å². The highest BCUT2D eigenvalue weighted by molar-refractivity contribution is 7.12. The lowest BCUT2D eigenvalue weighted by Gasteiger charge is -2.37. The highest BCUT2D eigenvalue weighted by Crippen LogP contribution is 2.30. The zero-order valence-electron chi connectivity index (χ0n) is 20.2. The van der Waals surface area contributed by atoms with E-state index in [2.05, 4.69) is 11.6 Å². The van der Waals surface area contributed by atoms with E-state index in [1.54, 1.807) is 17.2 Å². The molecule has 8 nitrogen and oxygen atoms in total. The van der Waals surface area contributed by atoms with Crippen molar-refractivity contribution in [3.8, 4) is 0 Å². The van der Waals surface area contributed by atoms with Crippen molar-refractivity contribution in [2.45, 2.75) is 6.54 Å². The maximum absolute atomic E-state index is 13.9. The SMILES string of the molecule is C=CCOC(=O)c1c(N2CCN(C(=O)c3cccs3)CC2)c2cccnc2n(Cc2ccccc2)c1=O. The molecule has 37 heavy (non-hydrogen) atoms. The second-order valence-corrected chi connectivity index (χ2v) is 9.57. The number of piperazine rings is 1. The Labute approximate surface area is 218 Å². The van der Waals surface area contributed by atoms with Crippen molar-refractivity contribution in [2.24, 2.45) is 0 Å². The number of amides is 1. The molecule has 0 N–H and O–H groups in total. The smallest absolute Gasteiger partial charge is 0.346 e. The van der Waals surface area contributed by atoms with Crippen LogP contribution in [-0.2, 0) is 11.3 Å². The molecule has 4 aromatic rings. The van der Waals surface area contributed by atoms with Crippen LogP contribution in [0.4, 0.5) is 5.69 Å². The summed E-state index contributed by atoms with van der Waals surface area (Å²) in [5.74, 6) is -0.713. The molecule has 1 aromatic carbocycles. The highest BCUT2D eigenvalue weighted by Gasteiger charge is 2.30. The summed E-state index contributed by atoms with van der Waals surface area (Å²) in [5.41, 5.74) is 1.40. The summed E-state index contributed by atoms with van der Waals surface area (Å²) in [6, 6.07) is 16.9. The number of thiophene rings is 1. The molecule has 0 saturated carbocycles. The number of nitrogens with zero attached hydrogens (tertiary/aromatic N) is 4. The van der Waals surface area contributed by atoms with Crippen LogP contribution in [-0.4, -0.2) is 59.1 Å². The van der Waals surface area contributed by atoms with Crippen molar-refractivity contribution in [3.05, 3.63) is 105 Å². The Hall–Kier alpha value is -4.24. The summed E-state index contributed by atoms with van der Waals surface area (Å²) < 4.78 is 6.89. The molecule has 0 unspecified atom stereocenters. The summed E-state index contributed by atoms with van der Waals surface area (Å²) in [6.45, 7) is 5.72. The van der Waals surface area contributed by atoms with Crippen LogP contribution >= 0.6 is 11.3 Å². The second-order valence-electron chi connectivity index (χ2n) is 8.62. The van der Waals surface area contributed by atoms with Crippen molar-refractivity contribution in [1.82, 2.24) is 14.5 Å². The van der Waals surface area contributed by atoms with Gasteiger partial charge in [0.2, 0.25) is 0 Å². The molecule has 0 aliphatic carbocycles. The van der Waals surface area contributed by atoms with Gasteiger partial charge < -0.3 is 14.5 Å². The molecule has 3 aromatic heterocycles. The van der Waals surface area contributed by atoms with E-state index in [1.807, 2.05) is 58.8 Å². The summed E-state index contributed by atoms with van der Waals surface area (Å²) in [7, 11) is 0. The predicted octanol–water partition coefficient (Wildman–Crippen LogP) is 3.81. The standard InChI is InChI=1S/C28H26N4O4S/c1-2-17-36-28(35)23-24(30-13-15-31(16-14-30)26(33)22-11-7-18-37-22)21-10-6-12-29-25(21)32(27(23)34)19-20-8-4-3-5-9-20/h2-12,18H,1,13-17,19H2. The first kappa shape index (κ1) is 24.5. The number of anilines is 1. The monoisotopic (exact) mass is 514 g/mol. The molecule has 9 heteroatoms. The topological polar surface area (TPSA) is 84.7 Å². The van der Waals surface area contributed by atoms with Gasteiger partial charge in [-0.2, -0.15) is 0 Å². The Bertz CT molecular complexity index is 1490. The van der Waals surface area contributed by atoms with Gasteiger partial charge >= 0.3 is 5.97 Å². The van der Waals surface area contributed by atoms with Crippen LogP contribution in [0.3, 0.4) is 0 Å². The molecular weight excluding hydrogens is 488 g/mol. The van der Waals surface area contributed by atoms with E-state index in [4.69, 9.17) is 4.74 Å². The first-order valence-electron chi connectivity index (χ1n) is 12.0. The van der Waals surface area contributed by atoms with Gasteiger partial charge in [-0.1, -0.05) is 49.1 Å². The van der Waals surface area contributed by atoms with Gasteiger partial charge in [0.05, 0.1) is 17.1 Å². The lowest BCUT2D eigenvalue weighted by Crippen LogP contribution is -2.49. The van der Waals surface area contributed by atoms with Crippen molar-refractivity contribution in [1.29, 1.82) is 0 Å². The fraction of sp³-hybridized carbons (Fsp3) is 0.214. The summed E-state index contributed by atoms with van der Waals surface area (Å²) in [6.07, 6.45) is 3.11. The Morgan fingerprint density at radius 3 is 2.51 bits per heavy atom. The van der Waals surface area contributed by atoms with E-state index in [0.29, 0.717) is 47.8 Å². The first-order valence-corrected chi connectivity index (χ1v) is 12.9. The number of pyridine rings is 2. The molecule has 0 radical (unpaired) electrons. The van der Waals surface area contributed by atoms with E-state index >= 15 is 0 Å². The molecule has 188 valence electrons. The molecule has 1 aliphatic rings. The maximum Gasteiger partial charge on any atom is 0.346 e. The number of carbonyl (C=O) groups excluding carboxylic acids is 2. The van der Waals surface area contributed by atoms with Crippen molar-refractivity contribution in [2.75, 3.05) is 37.7 Å². The van der Waals surface area contributed by atoms with Gasteiger partial charge in [-0.05, 0) is 29.1 Å². The fourth-order valence-electron chi connectivity index (χ4n) is 4.59. The van der Waals surface area contributed by atoms with Crippen LogP contribution in [0, 0.1) is 0 Å². The Kier molecular flexibility index (Phi) is 7.14. The normalized spacial score (nSPS) is 13.5. The van der Waals surface area contributed by atoms with Crippen LogP contribution in [0.5, 0.6) is 0 Å². The van der Waals surface area contributed by atoms with Crippen molar-refractivity contribution in [3.63, 3.8) is 0 Å². The number of benzene rings is 1. The van der Waals surface area contributed by atoms with Crippen molar-refractivity contribution < 1.29 is 14.3 Å². The van der Waals surface area contributed by atoms with Crippen LogP contribution in [0.1, 0.15) is 25.6 Å². The van der Waals surface area contributed by atoms with Gasteiger partial charge in [-0.25, -0.2) is 9.78 Å². The minimum atomic E-state index is -0.704. The van der Waals surface area contributed by atoms with Gasteiger partial charge in [0.1, 0.15) is 17.8 Å². The zero-order valence-corrected chi connectivity index (χ0v) is 21.0. The number of esters is 1. The molecule has 1 aliphatic heterocycles. The van der Waals surface area contributed by atoms with Crippen LogP contribution < -0.4 is 10.5 Å². The van der Waals surface area contributed by atoms with E-state index in [1.165, 1.54) is 22.0 Å². The molecule has 0 bridgehead atoms. The maximum atomic E-state index is 13.9. The van der Waals surface area contributed by atoms with Gasteiger partial charge in [0.25, 0.3) is 11.5 Å². The highest BCUT2D eigenvalue weighted by atomic mass is 32.1. The van der Waals surface area contributed by atoms with Crippen LogP contribution in [0.2, 0.25) is 0 Å². The number of aromatic nitrogens is 2. The molecule has 0 atom stereocenters. The van der Waals surface area contributed by atoms with Crippen molar-refractivity contribution >= 4 is 39.9 Å². The molecule has 1 fully saturated rings. The fourth-order valence-corrected chi connectivity index (χ4v) is 5.28. The molecule has 4 heterocycles. The Morgan fingerprint density at radius 2 is 1.81 bits per heavy atom. The largest absolute Gasteiger partial charge is 0.458 e. The molecule has 5 rings (SSSR count). The third-order valence-electron chi connectivity index (χ3n) is 6.33. The summed E-state index contributed by atoms with van der Waals surface area (Å²) >= 11 is 1.42. The Morgan fingerprint density at radius 1 is 1.03 bits per heavy atom. The van der Waals surface area contributed by atoms with E-state index in [0.717, 1.165) is 5.56 Å². The predicted molar refractivity (Wildman–Crippen MR) is 144 cm³/mol. The van der Waals surface area contributed by atoms with Gasteiger partial charge in [-0.3, -0.25) is 14.2 Å². The summed E-state index contributed by atoms with van der Waals surface area (Å²) in [4.78, 5) is 49.0. The number of ether oxygens (including phenoxy) is 1. The molecule has 1 amide bonds. The third-order valence-corrected chi connectivity index (χ3v) is 7.19. The van der Waals surface area contributed by atoms with Gasteiger partial charge in [0.15, 0.2) is 0 Å². The minimum absolute atomic E-state index is 0.00920. The molecule has 1 saturated heterocycles. The minimum Gasteiger partial charge on any atom is -0.458 e. The van der Waals surface area contributed by atoms with Crippen LogP contribution in [0.15, 0.2) is 83.6 Å². The number of hydrogen-bond donors (Lipinski definition) is 0. The molecule has 0 spiro atoms. The number of rotatable bonds is 7. The lowest BCUT2D eigenvalue weighted by molar-refractivity contribution is 0.0546. The number of hydrogen-bond acceptors (Lipinski definition) is 7.